The van der Waals surface area contributed by atoms with E-state index >= 15 is 0 Å². The van der Waals surface area contributed by atoms with Gasteiger partial charge >= 0.3 is 33.6 Å². The number of allylic oxidation sites excluding steroid dienone is 26. The summed E-state index contributed by atoms with van der Waals surface area (Å²) in [7, 11) is -9.80. The molecule has 0 bridgehead atoms. The molecule has 18 heteroatoms. The first kappa shape index (κ1) is 100. The lowest BCUT2D eigenvalue weighted by atomic mass is 10.0. The van der Waals surface area contributed by atoms with Gasteiger partial charge in [0.1, 0.15) is 25.4 Å². The standard InChI is InChI=1S/C87H146O16P2/c1-4-7-10-13-16-19-22-25-27-29-31-33-35-37-38-39-40-41-42-44-46-47-49-51-53-56-58-61-64-67-70-73-85(90)97-76-82(88)77-99-104(93,94)100-78-83(89)79-101-105(95,96)102-81-84(103-87(92)75-72-69-66-63-60-55-24-21-18-15-12-9-6-3)80-98-86(91)74-71-68-65-62-59-57-54-52-50-48-45-43-36-34-32-30-28-26-23-20-17-14-11-8-5-2/h7-8,10-11,16-17,19-21,24-28,31-34,37-38,40-41,43,45,50,52,82-84,88-89H,4-6,9,12-15,18,22-23,29-30,35-36,39,42,44,46-49,51,53-81H2,1-3H3,(H,93,94)(H,95,96)/b10-7-,11-8-,19-16-,20-17-,24-21-,27-25-,28-26-,33-31-,34-32-,38-37-,41-40-,45-43-,52-50-. The van der Waals surface area contributed by atoms with E-state index in [-0.39, 0.29) is 19.3 Å². The molecule has 0 heterocycles. The van der Waals surface area contributed by atoms with E-state index in [0.29, 0.717) is 19.3 Å². The number of phosphoric acid groups is 2. The van der Waals surface area contributed by atoms with Gasteiger partial charge in [0.2, 0.25) is 0 Å². The summed E-state index contributed by atoms with van der Waals surface area (Å²) in [4.78, 5) is 58.7. The molecule has 600 valence electrons. The van der Waals surface area contributed by atoms with Crippen molar-refractivity contribution >= 4 is 33.6 Å². The quantitative estimate of drug-likeness (QED) is 0.0146. The number of phosphoric ester groups is 2. The topological polar surface area (TPSA) is 231 Å². The predicted molar refractivity (Wildman–Crippen MR) is 435 cm³/mol. The number of esters is 3. The molecule has 0 spiro atoms. The highest BCUT2D eigenvalue weighted by atomic mass is 31.2. The minimum Gasteiger partial charge on any atom is -0.463 e. The third-order valence-corrected chi connectivity index (χ3v) is 18.6. The molecule has 0 aliphatic carbocycles. The zero-order valence-electron chi connectivity index (χ0n) is 65.6. The van der Waals surface area contributed by atoms with Crippen LogP contribution in [0.2, 0.25) is 0 Å². The molecule has 0 radical (unpaired) electrons. The van der Waals surface area contributed by atoms with E-state index in [1.54, 1.807) is 0 Å². The Labute approximate surface area is 638 Å². The Hall–Kier alpha value is -4.83. The van der Waals surface area contributed by atoms with E-state index in [9.17, 15) is 43.5 Å². The van der Waals surface area contributed by atoms with Crippen molar-refractivity contribution in [1.29, 1.82) is 0 Å². The van der Waals surface area contributed by atoms with Gasteiger partial charge in [-0.2, -0.15) is 0 Å². The Morgan fingerprint density at radius 2 is 0.505 bits per heavy atom. The number of carbonyl (C=O) groups excluding carboxylic acids is 3. The van der Waals surface area contributed by atoms with Crippen LogP contribution in [0.15, 0.2) is 158 Å². The first-order valence-corrected chi connectivity index (χ1v) is 43.8. The molecule has 0 aromatic rings. The van der Waals surface area contributed by atoms with Crippen LogP contribution in [0.4, 0.5) is 0 Å². The summed E-state index contributed by atoms with van der Waals surface area (Å²) in [6, 6.07) is 0. The average molecular weight is 1510 g/mol. The van der Waals surface area contributed by atoms with Gasteiger partial charge in [0.25, 0.3) is 0 Å². The molecule has 0 aliphatic rings. The number of unbranched alkanes of at least 4 members (excludes halogenated alkanes) is 27. The summed E-state index contributed by atoms with van der Waals surface area (Å²) in [5, 5.41) is 20.6. The van der Waals surface area contributed by atoms with Gasteiger partial charge in [-0.25, -0.2) is 9.13 Å². The summed E-state index contributed by atoms with van der Waals surface area (Å²) < 4.78 is 61.1. The van der Waals surface area contributed by atoms with E-state index < -0.39 is 91.5 Å². The fraction of sp³-hybridized carbons (Fsp3) is 0.667. The monoisotopic (exact) mass is 1510 g/mol. The molecule has 0 aromatic carbocycles. The fourth-order valence-corrected chi connectivity index (χ4v) is 12.2. The van der Waals surface area contributed by atoms with Crippen LogP contribution in [0.5, 0.6) is 0 Å². The average Bonchev–Trinajstić information content (AvgIpc) is 0.913. The number of ether oxygens (including phenoxy) is 3. The Balaban J connectivity index is 4.50. The zero-order chi connectivity index (χ0) is 76.6. The minimum absolute atomic E-state index is 0.0873. The number of hydrogen-bond donors (Lipinski definition) is 4. The molecule has 4 N–H and O–H groups in total. The molecule has 105 heavy (non-hydrogen) atoms. The van der Waals surface area contributed by atoms with Gasteiger partial charge in [-0.1, -0.05) is 307 Å². The molecule has 0 amide bonds. The molecule has 16 nitrogen and oxygen atoms in total. The van der Waals surface area contributed by atoms with Crippen LogP contribution in [0.1, 0.15) is 316 Å². The van der Waals surface area contributed by atoms with Gasteiger partial charge in [0.05, 0.1) is 26.4 Å². The minimum atomic E-state index is -4.94. The van der Waals surface area contributed by atoms with Crippen molar-refractivity contribution in [3.8, 4) is 0 Å². The van der Waals surface area contributed by atoms with Crippen molar-refractivity contribution in [2.75, 3.05) is 39.6 Å². The predicted octanol–water partition coefficient (Wildman–Crippen LogP) is 24.2. The van der Waals surface area contributed by atoms with Gasteiger partial charge < -0.3 is 34.2 Å². The Morgan fingerprint density at radius 3 is 0.810 bits per heavy atom. The number of aliphatic hydroxyl groups is 2. The van der Waals surface area contributed by atoms with Crippen LogP contribution in [-0.4, -0.2) is 95.9 Å². The highest BCUT2D eigenvalue weighted by molar-refractivity contribution is 7.47. The number of aliphatic hydroxyl groups excluding tert-OH is 2. The van der Waals surface area contributed by atoms with Crippen LogP contribution in [-0.2, 0) is 55.8 Å². The van der Waals surface area contributed by atoms with Crippen molar-refractivity contribution in [1.82, 2.24) is 0 Å². The van der Waals surface area contributed by atoms with Crippen LogP contribution in [0.3, 0.4) is 0 Å². The summed E-state index contributed by atoms with van der Waals surface area (Å²) in [5.74, 6) is -1.60. The second-order valence-corrected chi connectivity index (χ2v) is 29.7. The van der Waals surface area contributed by atoms with E-state index in [1.165, 1.54) is 77.0 Å². The second-order valence-electron chi connectivity index (χ2n) is 26.8. The third-order valence-electron chi connectivity index (χ3n) is 16.7. The Morgan fingerprint density at radius 1 is 0.276 bits per heavy atom. The molecule has 0 aromatic heterocycles. The SMILES string of the molecule is CC/C=C\C/C=C\C/C=C\C/C=C\C/C=C\C/C=C\CCCCCCCCCCCCCCC(=O)OCC(O)COP(=O)(O)OCC(O)COP(=O)(O)OCC(COC(=O)CCCCCCCC/C=C\C/C=C\C/C=C\C/C=C\C/C=C\C/C=C\CC)OC(=O)CCCCCCC/C=C\CCCCCC. The van der Waals surface area contributed by atoms with Crippen LogP contribution >= 0.6 is 15.6 Å². The first-order chi connectivity index (χ1) is 51.2. The lowest BCUT2D eigenvalue weighted by Crippen LogP contribution is -2.30. The Kier molecular flexibility index (Phi) is 75.1. The van der Waals surface area contributed by atoms with Crippen molar-refractivity contribution in [3.05, 3.63) is 158 Å². The molecule has 0 saturated carbocycles. The van der Waals surface area contributed by atoms with Gasteiger partial charge in [0.15, 0.2) is 6.10 Å². The van der Waals surface area contributed by atoms with Gasteiger partial charge in [0, 0.05) is 19.3 Å². The maximum Gasteiger partial charge on any atom is 0.472 e. The van der Waals surface area contributed by atoms with Gasteiger partial charge in [-0.3, -0.25) is 32.5 Å². The maximum atomic E-state index is 13.0. The van der Waals surface area contributed by atoms with E-state index in [1.807, 2.05) is 0 Å². The number of carbonyl (C=O) groups is 3. The molecule has 0 aliphatic heterocycles. The third kappa shape index (κ3) is 80.0. The summed E-state index contributed by atoms with van der Waals surface area (Å²) in [5.41, 5.74) is 0. The number of rotatable bonds is 76. The molecular weight excluding hydrogens is 1360 g/mol. The zero-order valence-corrected chi connectivity index (χ0v) is 67.4. The molecule has 5 unspecified atom stereocenters. The fourth-order valence-electron chi connectivity index (χ4n) is 10.6. The smallest absolute Gasteiger partial charge is 0.463 e. The molecule has 0 fully saturated rings. The Bertz CT molecular complexity index is 2540. The van der Waals surface area contributed by atoms with Crippen molar-refractivity contribution in [2.45, 2.75) is 334 Å². The van der Waals surface area contributed by atoms with Crippen LogP contribution in [0.25, 0.3) is 0 Å². The summed E-state index contributed by atoms with van der Waals surface area (Å²) in [6.07, 6.45) is 98.7. The van der Waals surface area contributed by atoms with Crippen LogP contribution < -0.4 is 0 Å². The lowest BCUT2D eigenvalue weighted by molar-refractivity contribution is -0.161. The van der Waals surface area contributed by atoms with Crippen molar-refractivity contribution in [3.63, 3.8) is 0 Å². The van der Waals surface area contributed by atoms with Crippen LogP contribution in [0, 0.1) is 0 Å². The van der Waals surface area contributed by atoms with Gasteiger partial charge in [-0.05, 0) is 148 Å². The van der Waals surface area contributed by atoms with Crippen molar-refractivity contribution < 1.29 is 75.8 Å². The van der Waals surface area contributed by atoms with E-state index in [0.717, 1.165) is 180 Å². The van der Waals surface area contributed by atoms with Crippen molar-refractivity contribution in [2.24, 2.45) is 0 Å². The highest BCUT2D eigenvalue weighted by Crippen LogP contribution is 2.45. The lowest BCUT2D eigenvalue weighted by Gasteiger charge is -2.21. The van der Waals surface area contributed by atoms with E-state index in [4.69, 9.17) is 32.3 Å². The number of hydrogen-bond acceptors (Lipinski definition) is 14. The summed E-state index contributed by atoms with van der Waals surface area (Å²) in [6.45, 7) is 2.41. The second kappa shape index (κ2) is 78.7. The largest absolute Gasteiger partial charge is 0.472 e. The normalized spacial score (nSPS) is 14.8. The van der Waals surface area contributed by atoms with Gasteiger partial charge in [-0.15, -0.1) is 0 Å². The molecular formula is C87H146O16P2. The van der Waals surface area contributed by atoms with E-state index in [2.05, 4.69) is 179 Å². The maximum absolute atomic E-state index is 13.0. The molecule has 5 atom stereocenters. The first-order valence-electron chi connectivity index (χ1n) is 40.8. The molecule has 0 saturated heterocycles. The highest BCUT2D eigenvalue weighted by Gasteiger charge is 2.29. The molecule has 0 rings (SSSR count). The summed E-state index contributed by atoms with van der Waals surface area (Å²) >= 11 is 0.